The minimum atomic E-state index is -4.36. The zero-order valence-electron chi connectivity index (χ0n) is 10.3. The molecule has 1 aromatic carbocycles. The molecule has 1 unspecified atom stereocenters. The molecule has 1 aromatic rings. The molecule has 0 aliphatic heterocycles. The maximum Gasteiger partial charge on any atom is 0.246 e. The topological polar surface area (TPSA) is 75.6 Å². The molecule has 0 bridgehead atoms. The molecule has 5 nitrogen and oxygen atoms in total. The smallest absolute Gasteiger partial charge is 0.246 e. The van der Waals surface area contributed by atoms with Crippen LogP contribution in [0.15, 0.2) is 23.1 Å². The quantitative estimate of drug-likeness (QED) is 0.774. The first kappa shape index (κ1) is 16.0. The number of ether oxygens (including phenoxy) is 1. The van der Waals surface area contributed by atoms with Gasteiger partial charge in [-0.25, -0.2) is 21.9 Å². The van der Waals surface area contributed by atoms with Crippen molar-refractivity contribution in [3.63, 3.8) is 0 Å². The van der Waals surface area contributed by atoms with Gasteiger partial charge in [-0.05, 0) is 18.6 Å². The van der Waals surface area contributed by atoms with Crippen molar-refractivity contribution in [1.82, 2.24) is 4.72 Å². The van der Waals surface area contributed by atoms with E-state index >= 15 is 0 Å². The molecule has 1 atom stereocenters. The summed E-state index contributed by atoms with van der Waals surface area (Å²) < 4.78 is 57.5. The molecule has 19 heavy (non-hydrogen) atoms. The Bertz CT molecular complexity index is 495. The predicted molar refractivity (Wildman–Crippen MR) is 64.0 cm³/mol. The van der Waals surface area contributed by atoms with Crippen molar-refractivity contribution < 1.29 is 27.0 Å². The highest BCUT2D eigenvalue weighted by Crippen LogP contribution is 2.18. The number of aliphatic hydroxyl groups is 1. The molecule has 0 aliphatic rings. The van der Waals surface area contributed by atoms with Crippen LogP contribution in [0.25, 0.3) is 0 Å². The molecule has 0 fully saturated rings. The van der Waals surface area contributed by atoms with Gasteiger partial charge in [-0.3, -0.25) is 0 Å². The van der Waals surface area contributed by atoms with E-state index in [9.17, 15) is 17.2 Å². The Morgan fingerprint density at radius 2 is 1.95 bits per heavy atom. The molecule has 0 amide bonds. The highest BCUT2D eigenvalue weighted by Gasteiger charge is 2.26. The minimum Gasteiger partial charge on any atom is -0.396 e. The second kappa shape index (κ2) is 6.90. The lowest BCUT2D eigenvalue weighted by molar-refractivity contribution is 0.158. The number of sulfonamides is 1. The Labute approximate surface area is 110 Å². The van der Waals surface area contributed by atoms with Gasteiger partial charge < -0.3 is 9.84 Å². The van der Waals surface area contributed by atoms with Gasteiger partial charge >= 0.3 is 0 Å². The van der Waals surface area contributed by atoms with Gasteiger partial charge in [-0.15, -0.1) is 0 Å². The van der Waals surface area contributed by atoms with Crippen LogP contribution in [0.1, 0.15) is 6.42 Å². The van der Waals surface area contributed by atoms with Crippen LogP contribution in [-0.2, 0) is 14.8 Å². The number of benzene rings is 1. The van der Waals surface area contributed by atoms with E-state index in [0.29, 0.717) is 0 Å². The molecule has 0 radical (unpaired) electrons. The number of halogens is 2. The van der Waals surface area contributed by atoms with Crippen LogP contribution in [0.3, 0.4) is 0 Å². The van der Waals surface area contributed by atoms with Gasteiger partial charge in [-0.1, -0.05) is 6.07 Å². The van der Waals surface area contributed by atoms with Crippen LogP contribution in [0.4, 0.5) is 8.78 Å². The molecule has 8 heteroatoms. The minimum absolute atomic E-state index is 0.0180. The van der Waals surface area contributed by atoms with E-state index in [2.05, 4.69) is 4.72 Å². The van der Waals surface area contributed by atoms with Gasteiger partial charge in [0.1, 0.15) is 11.6 Å². The van der Waals surface area contributed by atoms with Gasteiger partial charge in [0, 0.05) is 19.8 Å². The largest absolute Gasteiger partial charge is 0.396 e. The van der Waals surface area contributed by atoms with Crippen LogP contribution in [0.2, 0.25) is 0 Å². The number of hydrogen-bond donors (Lipinski definition) is 2. The van der Waals surface area contributed by atoms with E-state index in [1.165, 1.54) is 7.11 Å². The third-order valence-corrected chi connectivity index (χ3v) is 3.93. The fraction of sp³-hybridized carbons (Fsp3) is 0.455. The fourth-order valence-corrected chi connectivity index (χ4v) is 2.94. The van der Waals surface area contributed by atoms with E-state index < -0.39 is 32.6 Å². The maximum atomic E-state index is 13.4. The molecule has 0 aromatic heterocycles. The molecular weight excluding hydrogens is 280 g/mol. The van der Waals surface area contributed by atoms with Crippen molar-refractivity contribution in [2.24, 2.45) is 0 Å². The summed E-state index contributed by atoms with van der Waals surface area (Å²) in [5, 5.41) is 8.80. The molecule has 2 N–H and O–H groups in total. The summed E-state index contributed by atoms with van der Waals surface area (Å²) in [4.78, 5) is -1.03. The molecule has 108 valence electrons. The van der Waals surface area contributed by atoms with Crippen molar-refractivity contribution in [3.05, 3.63) is 29.8 Å². The summed E-state index contributed by atoms with van der Waals surface area (Å²) >= 11 is 0. The van der Waals surface area contributed by atoms with Gasteiger partial charge in [0.15, 0.2) is 4.90 Å². The first-order valence-electron chi connectivity index (χ1n) is 5.48. The zero-order chi connectivity index (χ0) is 14.5. The Morgan fingerprint density at radius 1 is 1.37 bits per heavy atom. The zero-order valence-corrected chi connectivity index (χ0v) is 11.1. The lowest BCUT2D eigenvalue weighted by Crippen LogP contribution is -2.39. The Morgan fingerprint density at radius 3 is 2.42 bits per heavy atom. The van der Waals surface area contributed by atoms with Crippen LogP contribution < -0.4 is 4.72 Å². The van der Waals surface area contributed by atoms with Crippen LogP contribution in [-0.4, -0.2) is 39.9 Å². The third kappa shape index (κ3) is 4.20. The molecule has 0 spiro atoms. The van der Waals surface area contributed by atoms with E-state index in [-0.39, 0.29) is 19.6 Å². The normalized spacial score (nSPS) is 13.5. The molecular formula is C11H15F2NO4S. The first-order chi connectivity index (χ1) is 8.92. The molecule has 0 saturated heterocycles. The standard InChI is InChI=1S/C11H15F2NO4S/c1-18-7-8(5-6-15)14-19(16,17)11-9(12)3-2-4-10(11)13/h2-4,8,14-15H,5-7H2,1H3. The third-order valence-electron chi connectivity index (χ3n) is 2.35. The lowest BCUT2D eigenvalue weighted by atomic mass is 10.2. The maximum absolute atomic E-state index is 13.4. The van der Waals surface area contributed by atoms with Crippen molar-refractivity contribution in [2.75, 3.05) is 20.3 Å². The van der Waals surface area contributed by atoms with Crippen molar-refractivity contribution in [1.29, 1.82) is 0 Å². The summed E-state index contributed by atoms with van der Waals surface area (Å²) in [5.41, 5.74) is 0. The average molecular weight is 295 g/mol. The average Bonchev–Trinajstić information content (AvgIpc) is 2.28. The van der Waals surface area contributed by atoms with E-state index in [1.807, 2.05) is 0 Å². The van der Waals surface area contributed by atoms with Gasteiger partial charge in [0.05, 0.1) is 6.61 Å². The molecule has 1 rings (SSSR count). The number of methoxy groups -OCH3 is 1. The SMILES string of the molecule is COCC(CCO)NS(=O)(=O)c1c(F)cccc1F. The van der Waals surface area contributed by atoms with Crippen molar-refractivity contribution in [2.45, 2.75) is 17.4 Å². The Hall–Kier alpha value is -1.09. The van der Waals surface area contributed by atoms with E-state index in [4.69, 9.17) is 9.84 Å². The first-order valence-corrected chi connectivity index (χ1v) is 6.97. The second-order valence-electron chi connectivity index (χ2n) is 3.84. The molecule has 0 saturated carbocycles. The monoisotopic (exact) mass is 295 g/mol. The Balaban J connectivity index is 3.03. The molecule has 0 heterocycles. The van der Waals surface area contributed by atoms with Crippen molar-refractivity contribution in [3.8, 4) is 0 Å². The number of hydrogen-bond acceptors (Lipinski definition) is 4. The van der Waals surface area contributed by atoms with E-state index in [0.717, 1.165) is 18.2 Å². The summed E-state index contributed by atoms with van der Waals surface area (Å²) in [6, 6.07) is 2.02. The summed E-state index contributed by atoms with van der Waals surface area (Å²) in [6.45, 7) is -0.299. The van der Waals surface area contributed by atoms with Gasteiger partial charge in [-0.2, -0.15) is 0 Å². The van der Waals surface area contributed by atoms with Gasteiger partial charge in [0.25, 0.3) is 0 Å². The van der Waals surface area contributed by atoms with Gasteiger partial charge in [0.2, 0.25) is 10.0 Å². The number of nitrogens with one attached hydrogen (secondary N) is 1. The van der Waals surface area contributed by atoms with E-state index in [1.54, 1.807) is 0 Å². The summed E-state index contributed by atoms with van der Waals surface area (Å²) in [5.74, 6) is -2.35. The van der Waals surface area contributed by atoms with Crippen LogP contribution >= 0.6 is 0 Å². The fourth-order valence-electron chi connectivity index (χ4n) is 1.55. The number of rotatable bonds is 7. The highest BCUT2D eigenvalue weighted by atomic mass is 32.2. The molecule has 0 aliphatic carbocycles. The predicted octanol–water partition coefficient (Wildman–Crippen LogP) is 0.640. The van der Waals surface area contributed by atoms with Crippen molar-refractivity contribution >= 4 is 10.0 Å². The van der Waals surface area contributed by atoms with Crippen LogP contribution in [0.5, 0.6) is 0 Å². The highest BCUT2D eigenvalue weighted by molar-refractivity contribution is 7.89. The Kier molecular flexibility index (Phi) is 5.80. The van der Waals surface area contributed by atoms with Crippen LogP contribution in [0, 0.1) is 11.6 Å². The lowest BCUT2D eigenvalue weighted by Gasteiger charge is -2.17. The summed E-state index contributed by atoms with van der Waals surface area (Å²) in [7, 11) is -3.01. The summed E-state index contributed by atoms with van der Waals surface area (Å²) in [6.07, 6.45) is 0.0726. The second-order valence-corrected chi connectivity index (χ2v) is 5.49. The number of aliphatic hydroxyl groups excluding tert-OH is 1.